The molecule has 0 radical (unpaired) electrons. The number of hydrogen-bond donors (Lipinski definition) is 4. The van der Waals surface area contributed by atoms with Crippen molar-refractivity contribution in [1.29, 1.82) is 0 Å². The van der Waals surface area contributed by atoms with Gasteiger partial charge in [-0.05, 0) is 36.9 Å². The number of halogens is 1. The molecule has 12 heteroatoms. The maximum atomic E-state index is 14.3. The Morgan fingerprint density at radius 2 is 2.14 bits per heavy atom. The lowest BCUT2D eigenvalue weighted by atomic mass is 10.1. The molecule has 0 aliphatic heterocycles. The first kappa shape index (κ1) is 16.5. The van der Waals surface area contributed by atoms with E-state index in [1.165, 1.54) is 6.07 Å². The quantitative estimate of drug-likeness (QED) is 0.229. The fourth-order valence-corrected chi connectivity index (χ4v) is 4.74. The van der Waals surface area contributed by atoms with Gasteiger partial charge in [0.1, 0.15) is 18.0 Å². The Kier molecular flexibility index (Phi) is 4.82. The molecule has 194 valence electrons. The Morgan fingerprint density at radius 3 is 2.89 bits per heavy atom. The lowest BCUT2D eigenvalue weighted by Crippen LogP contribution is -2.33. The van der Waals surface area contributed by atoms with Crippen molar-refractivity contribution in [3.8, 4) is 0 Å². The van der Waals surface area contributed by atoms with Gasteiger partial charge in [0, 0.05) is 30.9 Å². The van der Waals surface area contributed by atoms with E-state index < -0.39 is 67.3 Å². The van der Waals surface area contributed by atoms with Crippen LogP contribution in [-0.2, 0) is 4.74 Å². The van der Waals surface area contributed by atoms with E-state index >= 15 is 0 Å². The number of aliphatic hydroxyl groups is 3. The number of aromatic nitrogens is 5. The van der Waals surface area contributed by atoms with Gasteiger partial charge in [0.05, 0.1) is 30.7 Å². The van der Waals surface area contributed by atoms with Gasteiger partial charge in [-0.1, -0.05) is 36.0 Å². The molecule has 0 bridgehead atoms. The van der Waals surface area contributed by atoms with Gasteiger partial charge in [0.2, 0.25) is 0 Å². The predicted molar refractivity (Wildman–Crippen MR) is 133 cm³/mol. The van der Waals surface area contributed by atoms with Crippen LogP contribution in [0.5, 0.6) is 0 Å². The highest BCUT2D eigenvalue weighted by atomic mass is 32.2. The number of fused-ring (bicyclic) bond motifs is 1. The van der Waals surface area contributed by atoms with E-state index in [-0.39, 0.29) is 35.0 Å². The number of thioether (sulfide) groups is 1. The van der Waals surface area contributed by atoms with E-state index in [2.05, 4.69) is 25.6 Å². The summed E-state index contributed by atoms with van der Waals surface area (Å²) in [4.78, 5) is 8.66. The van der Waals surface area contributed by atoms with Crippen LogP contribution in [0.25, 0.3) is 11.2 Å². The number of aliphatic hydroxyl groups excluding tert-OH is 2. The van der Waals surface area contributed by atoms with Crippen LogP contribution in [0.3, 0.4) is 0 Å². The van der Waals surface area contributed by atoms with Crippen molar-refractivity contribution < 1.29 is 36.8 Å². The average molecular weight is 528 g/mol. The van der Waals surface area contributed by atoms with Crippen molar-refractivity contribution in [3.63, 3.8) is 0 Å². The van der Waals surface area contributed by atoms with E-state index in [9.17, 15) is 19.7 Å². The van der Waals surface area contributed by atoms with Crippen LogP contribution in [0.4, 0.5) is 10.2 Å². The number of aryl methyl sites for hydroxylation is 1. The molecule has 2 aliphatic carbocycles. The SMILES string of the molecule is [2H]C([2H])(C)C([2H])([2H])Sc1nc(N[C@@H]2C[C@@]2([2H])c2ccc(C)c(F)c2)c2nnn([C@@H]3C[C@H](OC([2H])([2H])C([2H])([2H])O)[C@@H](O)[C@H]3O)c2n1. The first-order chi connectivity index (χ1) is 20.6. The predicted octanol–water partition coefficient (Wildman–Crippen LogP) is 2.18. The highest BCUT2D eigenvalue weighted by Crippen LogP contribution is 2.44. The third kappa shape index (κ3) is 4.92. The lowest BCUT2D eigenvalue weighted by molar-refractivity contribution is -0.0629. The van der Waals surface area contributed by atoms with Gasteiger partial charge < -0.3 is 25.4 Å². The molecule has 2 fully saturated rings. The molecule has 0 spiro atoms. The van der Waals surface area contributed by atoms with E-state index in [0.717, 1.165) is 11.6 Å². The molecular formula is C24H31FN6O4S. The second-order valence-electron chi connectivity index (χ2n) is 8.56. The third-order valence-electron chi connectivity index (χ3n) is 6.25. The lowest BCUT2D eigenvalue weighted by Gasteiger charge is -2.17. The summed E-state index contributed by atoms with van der Waals surface area (Å²) in [6.07, 6.45) is -7.31. The van der Waals surface area contributed by atoms with Gasteiger partial charge in [-0.2, -0.15) is 0 Å². The highest BCUT2D eigenvalue weighted by molar-refractivity contribution is 7.99. The molecule has 4 N–H and O–H groups in total. The first-order valence-electron chi connectivity index (χ1n) is 15.7. The maximum Gasteiger partial charge on any atom is 0.191 e. The number of benzene rings is 1. The molecule has 6 atom stereocenters. The molecule has 2 heterocycles. The standard InChI is InChI=1S/C24H31FN6O4S/c1-3-8-36-24-27-22(26-16-10-14(16)13-5-4-12(2)15(25)9-13)19-23(28-24)31(30-29-19)17-11-18(35-7-6-32)21(34)20(17)33/h4-5,9,14,16-18,20-21,32-34H,3,6-8,10-11H2,1-2H3,(H,26,27,28)/t14-,16+,17+,18-,20-,21+/m0/s1/i3D2,6D2,7D2,8D2,14D. The molecule has 2 aliphatic rings. The summed E-state index contributed by atoms with van der Waals surface area (Å²) in [7, 11) is 0. The van der Waals surface area contributed by atoms with Gasteiger partial charge in [-0.3, -0.25) is 0 Å². The third-order valence-corrected chi connectivity index (χ3v) is 6.93. The summed E-state index contributed by atoms with van der Waals surface area (Å²) in [5, 5.41) is 41.9. The minimum Gasteiger partial charge on any atom is -0.394 e. The highest BCUT2D eigenvalue weighted by Gasteiger charge is 2.45. The molecule has 10 nitrogen and oxygen atoms in total. The topological polar surface area (TPSA) is 138 Å². The summed E-state index contributed by atoms with van der Waals surface area (Å²) in [6, 6.07) is 2.73. The van der Waals surface area contributed by atoms with E-state index in [1.54, 1.807) is 19.1 Å². The van der Waals surface area contributed by atoms with Gasteiger partial charge in [0.15, 0.2) is 22.1 Å². The molecule has 2 saturated carbocycles. The molecule has 1 aromatic carbocycles. The van der Waals surface area contributed by atoms with Gasteiger partial charge >= 0.3 is 0 Å². The summed E-state index contributed by atoms with van der Waals surface area (Å²) >= 11 is 0.371. The van der Waals surface area contributed by atoms with Crippen LogP contribution >= 0.6 is 11.8 Å². The average Bonchev–Trinajstić information content (AvgIpc) is 3.23. The molecular weight excluding hydrogens is 487 g/mol. The number of nitrogens with zero attached hydrogens (tertiary/aromatic N) is 5. The van der Waals surface area contributed by atoms with Crippen LogP contribution < -0.4 is 5.32 Å². The first-order valence-corrected chi connectivity index (χ1v) is 12.0. The molecule has 5 rings (SSSR count). The molecule has 0 saturated heterocycles. The summed E-state index contributed by atoms with van der Waals surface area (Å²) in [5.41, 5.74) is -1.75. The minimum absolute atomic E-state index is 0.00133. The summed E-state index contributed by atoms with van der Waals surface area (Å²) in [5.74, 6) is -1.70. The van der Waals surface area contributed by atoms with Gasteiger partial charge in [-0.15, -0.1) is 5.10 Å². The molecule has 0 unspecified atom stereocenters. The second-order valence-corrected chi connectivity index (χ2v) is 9.33. The number of hydrogen-bond acceptors (Lipinski definition) is 10. The van der Waals surface area contributed by atoms with E-state index in [4.69, 9.17) is 17.1 Å². The zero-order valence-electron chi connectivity index (χ0n) is 28.3. The summed E-state index contributed by atoms with van der Waals surface area (Å²) in [6.45, 7) is -4.03. The van der Waals surface area contributed by atoms with Crippen LogP contribution in [0.15, 0.2) is 23.4 Å². The largest absolute Gasteiger partial charge is 0.394 e. The van der Waals surface area contributed by atoms with E-state index in [1.807, 2.05) is 0 Å². The fourth-order valence-electron chi connectivity index (χ4n) is 4.28. The smallest absolute Gasteiger partial charge is 0.191 e. The summed E-state index contributed by atoms with van der Waals surface area (Å²) < 4.78 is 91.5. The Hall–Kier alpha value is -2.38. The van der Waals surface area contributed by atoms with Crippen molar-refractivity contribution in [2.24, 2.45) is 0 Å². The number of ether oxygens (including phenoxy) is 1. The Balaban J connectivity index is 1.51. The Labute approximate surface area is 224 Å². The van der Waals surface area contributed by atoms with Crippen molar-refractivity contribution in [3.05, 3.63) is 35.1 Å². The zero-order chi connectivity index (χ0) is 33.5. The van der Waals surface area contributed by atoms with Crippen molar-refractivity contribution in [1.82, 2.24) is 25.0 Å². The van der Waals surface area contributed by atoms with Crippen LogP contribution in [0, 0.1) is 12.7 Å². The molecule has 2 aromatic heterocycles. The van der Waals surface area contributed by atoms with Gasteiger partial charge in [0.25, 0.3) is 0 Å². The normalized spacial score (nSPS) is 34.9. The van der Waals surface area contributed by atoms with Gasteiger partial charge in [-0.25, -0.2) is 19.0 Å². The maximum absolute atomic E-state index is 14.3. The molecule has 36 heavy (non-hydrogen) atoms. The van der Waals surface area contributed by atoms with E-state index in [0.29, 0.717) is 22.9 Å². The second kappa shape index (κ2) is 10.5. The monoisotopic (exact) mass is 527 g/mol. The minimum atomic E-state index is -3.43. The van der Waals surface area contributed by atoms with Crippen LogP contribution in [0.2, 0.25) is 0 Å². The molecule has 3 aromatic rings. The van der Waals surface area contributed by atoms with Crippen LogP contribution in [-0.4, -0.2) is 83.5 Å². The molecule has 0 amide bonds. The van der Waals surface area contributed by atoms with Crippen LogP contribution in [0.1, 0.15) is 61.5 Å². The Morgan fingerprint density at radius 1 is 1.31 bits per heavy atom. The van der Waals surface area contributed by atoms with Crippen molar-refractivity contribution >= 4 is 28.7 Å². The van der Waals surface area contributed by atoms with Crippen molar-refractivity contribution in [2.45, 2.75) is 74.5 Å². The Bertz CT molecular complexity index is 1610. The number of anilines is 1. The fraction of sp³-hybridized carbons (Fsp3) is 0.583. The zero-order valence-corrected chi connectivity index (χ0v) is 20.1. The van der Waals surface area contributed by atoms with Crippen molar-refractivity contribution in [2.75, 3.05) is 24.1 Å². The number of rotatable bonds is 10. The number of nitrogens with one attached hydrogen (secondary N) is 1.